The molecule has 0 N–H and O–H groups in total. The second kappa shape index (κ2) is 7.20. The molecule has 0 saturated heterocycles. The maximum Gasteiger partial charge on any atom is 0.342 e. The molecule has 0 aromatic heterocycles. The molecule has 0 radical (unpaired) electrons. The molecule has 1 heterocycles. The van der Waals surface area contributed by atoms with Crippen molar-refractivity contribution in [2.75, 3.05) is 12.0 Å². The van der Waals surface area contributed by atoms with Gasteiger partial charge in [0.1, 0.15) is 11.3 Å². The van der Waals surface area contributed by atoms with Crippen LogP contribution in [0, 0.1) is 6.92 Å². The first-order valence-corrected chi connectivity index (χ1v) is 8.69. The number of aryl methyl sites for hydroxylation is 1. The van der Waals surface area contributed by atoms with Gasteiger partial charge in [-0.2, -0.15) is 0 Å². The Hall–Kier alpha value is -2.82. The standard InChI is InChI=1S/C21H23NO4/c1-13-9-10-19(25-4)17(11-13)21(24)26-15(3)20(23)22-14(2)12-16-7-5-6-8-18(16)22/h5-11,14-15H,12H2,1-4H3/t14-,15-/m0/s1. The molecule has 2 aromatic carbocycles. The van der Waals surface area contributed by atoms with Crippen LogP contribution in [0.4, 0.5) is 5.69 Å². The number of anilines is 1. The summed E-state index contributed by atoms with van der Waals surface area (Å²) < 4.78 is 10.7. The van der Waals surface area contributed by atoms with E-state index in [4.69, 9.17) is 9.47 Å². The van der Waals surface area contributed by atoms with E-state index in [9.17, 15) is 9.59 Å². The summed E-state index contributed by atoms with van der Waals surface area (Å²) in [5, 5.41) is 0. The van der Waals surface area contributed by atoms with Crippen LogP contribution in [0.5, 0.6) is 5.75 Å². The molecule has 0 bridgehead atoms. The lowest BCUT2D eigenvalue weighted by molar-refractivity contribution is -0.126. The maximum absolute atomic E-state index is 12.9. The smallest absolute Gasteiger partial charge is 0.342 e. The molecule has 0 fully saturated rings. The van der Waals surface area contributed by atoms with Crippen LogP contribution in [-0.2, 0) is 16.0 Å². The van der Waals surface area contributed by atoms with Crippen molar-refractivity contribution < 1.29 is 19.1 Å². The van der Waals surface area contributed by atoms with E-state index in [-0.39, 0.29) is 11.9 Å². The van der Waals surface area contributed by atoms with E-state index in [1.807, 2.05) is 44.2 Å². The van der Waals surface area contributed by atoms with E-state index in [0.717, 1.165) is 23.2 Å². The fourth-order valence-corrected chi connectivity index (χ4v) is 3.35. The van der Waals surface area contributed by atoms with Gasteiger partial charge in [-0.1, -0.05) is 29.8 Å². The Labute approximate surface area is 153 Å². The lowest BCUT2D eigenvalue weighted by Crippen LogP contribution is -2.43. The molecule has 2 aromatic rings. The van der Waals surface area contributed by atoms with E-state index in [1.54, 1.807) is 24.0 Å². The summed E-state index contributed by atoms with van der Waals surface area (Å²) in [7, 11) is 1.50. The number of carbonyl (C=O) groups excluding carboxylic acids is 2. The summed E-state index contributed by atoms with van der Waals surface area (Å²) in [5.74, 6) is -0.353. The van der Waals surface area contributed by atoms with Gasteiger partial charge in [-0.05, 0) is 51.0 Å². The van der Waals surface area contributed by atoms with Crippen LogP contribution < -0.4 is 9.64 Å². The predicted molar refractivity (Wildman–Crippen MR) is 99.7 cm³/mol. The minimum Gasteiger partial charge on any atom is -0.496 e. The van der Waals surface area contributed by atoms with Gasteiger partial charge in [-0.15, -0.1) is 0 Å². The van der Waals surface area contributed by atoms with Gasteiger partial charge >= 0.3 is 5.97 Å². The van der Waals surface area contributed by atoms with Crippen LogP contribution in [0.2, 0.25) is 0 Å². The average Bonchev–Trinajstić information content (AvgIpc) is 2.96. The highest BCUT2D eigenvalue weighted by atomic mass is 16.5. The van der Waals surface area contributed by atoms with Gasteiger partial charge in [0.25, 0.3) is 5.91 Å². The molecule has 2 atom stereocenters. The Morgan fingerprint density at radius 2 is 1.92 bits per heavy atom. The second-order valence-corrected chi connectivity index (χ2v) is 6.64. The number of esters is 1. The number of carbonyl (C=O) groups is 2. The van der Waals surface area contributed by atoms with Crippen LogP contribution in [0.25, 0.3) is 0 Å². The Kier molecular flexibility index (Phi) is 4.98. The molecule has 0 aliphatic carbocycles. The van der Waals surface area contributed by atoms with Crippen molar-refractivity contribution in [2.45, 2.75) is 39.3 Å². The molecule has 0 saturated carbocycles. The maximum atomic E-state index is 12.9. The average molecular weight is 353 g/mol. The lowest BCUT2D eigenvalue weighted by Gasteiger charge is -2.26. The summed E-state index contributed by atoms with van der Waals surface area (Å²) >= 11 is 0. The SMILES string of the molecule is COc1ccc(C)cc1C(=O)O[C@@H](C)C(=O)N1c2ccccc2C[C@@H]1C. The molecular weight excluding hydrogens is 330 g/mol. The minimum absolute atomic E-state index is 0.0366. The first kappa shape index (κ1) is 18.0. The number of rotatable bonds is 4. The zero-order valence-electron chi connectivity index (χ0n) is 15.5. The van der Waals surface area contributed by atoms with Gasteiger partial charge in [0.05, 0.1) is 7.11 Å². The van der Waals surface area contributed by atoms with Crippen LogP contribution in [0.1, 0.15) is 35.3 Å². The fraction of sp³-hybridized carbons (Fsp3) is 0.333. The predicted octanol–water partition coefficient (Wildman–Crippen LogP) is 3.53. The molecule has 1 aliphatic heterocycles. The normalized spacial score (nSPS) is 16.8. The van der Waals surface area contributed by atoms with Crippen LogP contribution in [0.15, 0.2) is 42.5 Å². The molecular formula is C21H23NO4. The van der Waals surface area contributed by atoms with Gasteiger partial charge in [0, 0.05) is 11.7 Å². The van der Waals surface area contributed by atoms with Gasteiger partial charge in [-0.25, -0.2) is 4.79 Å². The van der Waals surface area contributed by atoms with Crippen molar-refractivity contribution in [1.82, 2.24) is 0 Å². The Morgan fingerprint density at radius 1 is 1.19 bits per heavy atom. The zero-order valence-corrected chi connectivity index (χ0v) is 15.5. The van der Waals surface area contributed by atoms with E-state index >= 15 is 0 Å². The molecule has 3 rings (SSSR count). The van der Waals surface area contributed by atoms with Gasteiger partial charge in [0.2, 0.25) is 0 Å². The highest BCUT2D eigenvalue weighted by Gasteiger charge is 2.34. The van der Waals surface area contributed by atoms with Crippen molar-refractivity contribution in [2.24, 2.45) is 0 Å². The summed E-state index contributed by atoms with van der Waals surface area (Å²) in [5.41, 5.74) is 3.26. The Morgan fingerprint density at radius 3 is 2.65 bits per heavy atom. The Balaban J connectivity index is 1.78. The van der Waals surface area contributed by atoms with Gasteiger partial charge in [0.15, 0.2) is 6.10 Å². The topological polar surface area (TPSA) is 55.8 Å². The number of fused-ring (bicyclic) bond motifs is 1. The van der Waals surface area contributed by atoms with Crippen molar-refractivity contribution >= 4 is 17.6 Å². The molecule has 1 aliphatic rings. The van der Waals surface area contributed by atoms with E-state index < -0.39 is 12.1 Å². The van der Waals surface area contributed by atoms with Crippen molar-refractivity contribution in [3.05, 3.63) is 59.2 Å². The first-order chi connectivity index (χ1) is 12.4. The highest BCUT2D eigenvalue weighted by Crippen LogP contribution is 2.32. The van der Waals surface area contributed by atoms with Crippen molar-refractivity contribution in [3.63, 3.8) is 0 Å². The van der Waals surface area contributed by atoms with Crippen molar-refractivity contribution in [3.8, 4) is 5.75 Å². The minimum atomic E-state index is -0.888. The van der Waals surface area contributed by atoms with E-state index in [0.29, 0.717) is 11.3 Å². The summed E-state index contributed by atoms with van der Waals surface area (Å²) in [6.45, 7) is 5.49. The van der Waals surface area contributed by atoms with Crippen LogP contribution in [0.3, 0.4) is 0 Å². The molecule has 1 amide bonds. The fourth-order valence-electron chi connectivity index (χ4n) is 3.35. The molecule has 5 heteroatoms. The quantitative estimate of drug-likeness (QED) is 0.789. The summed E-state index contributed by atoms with van der Waals surface area (Å²) in [6, 6.07) is 13.1. The number of para-hydroxylation sites is 1. The zero-order chi connectivity index (χ0) is 18.8. The number of hydrogen-bond donors (Lipinski definition) is 0. The van der Waals surface area contributed by atoms with Crippen molar-refractivity contribution in [1.29, 1.82) is 0 Å². The molecule has 5 nitrogen and oxygen atoms in total. The number of hydrogen-bond acceptors (Lipinski definition) is 4. The molecule has 0 spiro atoms. The highest BCUT2D eigenvalue weighted by molar-refractivity contribution is 6.01. The third kappa shape index (κ3) is 3.29. The summed E-state index contributed by atoms with van der Waals surface area (Å²) in [6.07, 6.45) is -0.0878. The number of nitrogens with zero attached hydrogens (tertiary/aromatic N) is 1. The number of amides is 1. The largest absolute Gasteiger partial charge is 0.496 e. The second-order valence-electron chi connectivity index (χ2n) is 6.64. The third-order valence-corrected chi connectivity index (χ3v) is 4.65. The first-order valence-electron chi connectivity index (χ1n) is 8.69. The summed E-state index contributed by atoms with van der Waals surface area (Å²) in [4.78, 5) is 27.2. The molecule has 0 unspecified atom stereocenters. The van der Waals surface area contributed by atoms with E-state index in [2.05, 4.69) is 0 Å². The Bertz CT molecular complexity index is 846. The molecule has 136 valence electrons. The lowest BCUT2D eigenvalue weighted by atomic mass is 10.1. The number of methoxy groups -OCH3 is 1. The van der Waals surface area contributed by atoms with Crippen LogP contribution in [-0.4, -0.2) is 31.1 Å². The van der Waals surface area contributed by atoms with Gasteiger partial charge < -0.3 is 14.4 Å². The van der Waals surface area contributed by atoms with E-state index in [1.165, 1.54) is 7.11 Å². The van der Waals surface area contributed by atoms with Gasteiger partial charge in [-0.3, -0.25) is 4.79 Å². The van der Waals surface area contributed by atoms with Crippen LogP contribution >= 0.6 is 0 Å². The number of benzene rings is 2. The molecule has 26 heavy (non-hydrogen) atoms. The third-order valence-electron chi connectivity index (χ3n) is 4.65. The number of ether oxygens (including phenoxy) is 2. The monoisotopic (exact) mass is 353 g/mol.